The van der Waals surface area contributed by atoms with Crippen LogP contribution in [0.3, 0.4) is 0 Å². The molecule has 0 bridgehead atoms. The van der Waals surface area contributed by atoms with Crippen LogP contribution in [0.4, 0.5) is 4.39 Å². The van der Waals surface area contributed by atoms with Gasteiger partial charge in [-0.1, -0.05) is 24.3 Å². The Labute approximate surface area is 130 Å². The highest BCUT2D eigenvalue weighted by Crippen LogP contribution is 2.20. The molecule has 2 rings (SSSR count). The molecule has 3 nitrogen and oxygen atoms in total. The summed E-state index contributed by atoms with van der Waals surface area (Å²) in [5, 5.41) is 2.79. The third-order valence-corrected chi connectivity index (χ3v) is 3.40. The van der Waals surface area contributed by atoms with E-state index < -0.39 is 6.10 Å². The fourth-order valence-corrected chi connectivity index (χ4v) is 2.01. The molecule has 2 aromatic rings. The molecule has 0 aromatic heterocycles. The van der Waals surface area contributed by atoms with Crippen LogP contribution in [-0.2, 0) is 11.3 Å². The van der Waals surface area contributed by atoms with Crippen LogP contribution in [-0.4, -0.2) is 12.0 Å². The Morgan fingerprint density at radius 3 is 2.55 bits per heavy atom. The van der Waals surface area contributed by atoms with Crippen molar-refractivity contribution in [2.45, 2.75) is 33.4 Å². The summed E-state index contributed by atoms with van der Waals surface area (Å²) in [7, 11) is 0. The maximum Gasteiger partial charge on any atom is 0.261 e. The van der Waals surface area contributed by atoms with Gasteiger partial charge in [0.25, 0.3) is 5.91 Å². The molecule has 22 heavy (non-hydrogen) atoms. The van der Waals surface area contributed by atoms with Crippen LogP contribution in [0.2, 0.25) is 0 Å². The summed E-state index contributed by atoms with van der Waals surface area (Å²) < 4.78 is 18.5. The minimum Gasteiger partial charge on any atom is -0.481 e. The lowest BCUT2D eigenvalue weighted by Gasteiger charge is -2.16. The molecule has 0 aliphatic heterocycles. The van der Waals surface area contributed by atoms with Crippen molar-refractivity contribution >= 4 is 5.91 Å². The van der Waals surface area contributed by atoms with Crippen LogP contribution in [0.5, 0.6) is 5.75 Å². The first kappa shape index (κ1) is 16.0. The molecule has 0 aliphatic rings. The van der Waals surface area contributed by atoms with Crippen molar-refractivity contribution in [1.29, 1.82) is 0 Å². The number of benzene rings is 2. The fourth-order valence-electron chi connectivity index (χ4n) is 2.01. The quantitative estimate of drug-likeness (QED) is 0.917. The van der Waals surface area contributed by atoms with E-state index in [9.17, 15) is 9.18 Å². The van der Waals surface area contributed by atoms with Crippen LogP contribution in [0, 0.1) is 19.7 Å². The lowest BCUT2D eigenvalue weighted by molar-refractivity contribution is -0.127. The second-order valence-electron chi connectivity index (χ2n) is 5.37. The number of amides is 1. The molecule has 0 saturated carbocycles. The van der Waals surface area contributed by atoms with E-state index in [1.54, 1.807) is 19.1 Å². The van der Waals surface area contributed by atoms with E-state index in [0.29, 0.717) is 12.3 Å². The monoisotopic (exact) mass is 301 g/mol. The lowest BCUT2D eigenvalue weighted by Crippen LogP contribution is -2.36. The summed E-state index contributed by atoms with van der Waals surface area (Å²) in [5.41, 5.74) is 2.91. The Hall–Kier alpha value is -2.36. The van der Waals surface area contributed by atoms with Crippen LogP contribution < -0.4 is 10.1 Å². The van der Waals surface area contributed by atoms with Crippen LogP contribution in [0.1, 0.15) is 23.6 Å². The van der Waals surface area contributed by atoms with E-state index in [4.69, 9.17) is 4.74 Å². The van der Waals surface area contributed by atoms with Gasteiger partial charge >= 0.3 is 0 Å². The van der Waals surface area contributed by atoms with Crippen LogP contribution in [0.15, 0.2) is 42.5 Å². The van der Waals surface area contributed by atoms with Gasteiger partial charge in [-0.3, -0.25) is 4.79 Å². The van der Waals surface area contributed by atoms with Gasteiger partial charge in [0.05, 0.1) is 0 Å². The van der Waals surface area contributed by atoms with Gasteiger partial charge in [-0.25, -0.2) is 4.39 Å². The molecule has 0 spiro atoms. The predicted octanol–water partition coefficient (Wildman–Crippen LogP) is 3.53. The number of aryl methyl sites for hydroxylation is 2. The summed E-state index contributed by atoms with van der Waals surface area (Å²) in [6.07, 6.45) is -0.596. The first-order chi connectivity index (χ1) is 10.5. The maximum atomic E-state index is 12.8. The Balaban J connectivity index is 1.91. The van der Waals surface area contributed by atoms with Gasteiger partial charge in [-0.15, -0.1) is 0 Å². The second-order valence-corrected chi connectivity index (χ2v) is 5.37. The molecule has 1 N–H and O–H groups in total. The number of hydrogen-bond acceptors (Lipinski definition) is 2. The van der Waals surface area contributed by atoms with Gasteiger partial charge in [-0.2, -0.15) is 0 Å². The molecule has 0 unspecified atom stereocenters. The Morgan fingerprint density at radius 1 is 1.18 bits per heavy atom. The lowest BCUT2D eigenvalue weighted by atomic mass is 10.1. The van der Waals surface area contributed by atoms with Crippen LogP contribution in [0.25, 0.3) is 0 Å². The average Bonchev–Trinajstić information content (AvgIpc) is 2.50. The maximum absolute atomic E-state index is 12.8. The molecule has 2 aromatic carbocycles. The molecule has 0 radical (unpaired) electrons. The first-order valence-electron chi connectivity index (χ1n) is 7.22. The van der Waals surface area contributed by atoms with Crippen molar-refractivity contribution in [2.75, 3.05) is 0 Å². The van der Waals surface area contributed by atoms with E-state index in [0.717, 1.165) is 16.7 Å². The summed E-state index contributed by atoms with van der Waals surface area (Å²) >= 11 is 0. The Morgan fingerprint density at radius 2 is 1.86 bits per heavy atom. The number of ether oxygens (including phenoxy) is 1. The molecule has 0 heterocycles. The average molecular weight is 301 g/mol. The third kappa shape index (κ3) is 4.32. The number of hydrogen-bond donors (Lipinski definition) is 1. The SMILES string of the molecule is Cc1ccc(C)c(O[C@H](C)C(=O)NCc2ccc(F)cc2)c1. The van der Waals surface area contributed by atoms with Gasteiger partial charge < -0.3 is 10.1 Å². The number of carbonyl (C=O) groups is 1. The largest absolute Gasteiger partial charge is 0.481 e. The smallest absolute Gasteiger partial charge is 0.261 e. The predicted molar refractivity (Wildman–Crippen MR) is 84.3 cm³/mol. The van der Waals surface area contributed by atoms with E-state index in [1.807, 2.05) is 32.0 Å². The highest BCUT2D eigenvalue weighted by atomic mass is 19.1. The van der Waals surface area contributed by atoms with E-state index in [1.165, 1.54) is 12.1 Å². The molecule has 1 amide bonds. The highest BCUT2D eigenvalue weighted by molar-refractivity contribution is 5.80. The van der Waals surface area contributed by atoms with Gasteiger partial charge in [0.1, 0.15) is 11.6 Å². The van der Waals surface area contributed by atoms with E-state index >= 15 is 0 Å². The molecule has 1 atom stereocenters. The number of halogens is 1. The Bertz CT molecular complexity index is 653. The molecule has 0 fully saturated rings. The second kappa shape index (κ2) is 7.07. The van der Waals surface area contributed by atoms with E-state index in [-0.39, 0.29) is 11.7 Å². The van der Waals surface area contributed by atoms with Gasteiger partial charge in [-0.05, 0) is 55.7 Å². The minimum absolute atomic E-state index is 0.203. The zero-order valence-electron chi connectivity index (χ0n) is 13.0. The number of rotatable bonds is 5. The molecular formula is C18H20FNO2. The van der Waals surface area contributed by atoms with Crippen molar-refractivity contribution in [3.8, 4) is 5.75 Å². The summed E-state index contributed by atoms with van der Waals surface area (Å²) in [4.78, 5) is 12.1. The molecular weight excluding hydrogens is 281 g/mol. The van der Waals surface area contributed by atoms with Crippen molar-refractivity contribution in [2.24, 2.45) is 0 Å². The van der Waals surface area contributed by atoms with Crippen molar-refractivity contribution < 1.29 is 13.9 Å². The van der Waals surface area contributed by atoms with Crippen molar-refractivity contribution in [3.05, 3.63) is 65.0 Å². The summed E-state index contributed by atoms with van der Waals surface area (Å²) in [6, 6.07) is 11.9. The zero-order chi connectivity index (χ0) is 16.1. The van der Waals surface area contributed by atoms with Crippen molar-refractivity contribution in [1.82, 2.24) is 5.32 Å². The first-order valence-corrected chi connectivity index (χ1v) is 7.22. The van der Waals surface area contributed by atoms with Crippen LogP contribution >= 0.6 is 0 Å². The highest BCUT2D eigenvalue weighted by Gasteiger charge is 2.15. The van der Waals surface area contributed by atoms with Gasteiger partial charge in [0, 0.05) is 6.54 Å². The van der Waals surface area contributed by atoms with E-state index in [2.05, 4.69) is 5.32 Å². The normalized spacial score (nSPS) is 11.8. The zero-order valence-corrected chi connectivity index (χ0v) is 13.0. The molecule has 0 saturated heterocycles. The molecule has 4 heteroatoms. The Kier molecular flexibility index (Phi) is 5.15. The topological polar surface area (TPSA) is 38.3 Å². The summed E-state index contributed by atoms with van der Waals surface area (Å²) in [6.45, 7) is 5.98. The molecule has 116 valence electrons. The number of nitrogens with one attached hydrogen (secondary N) is 1. The van der Waals surface area contributed by atoms with Gasteiger partial charge in [0.2, 0.25) is 0 Å². The fraction of sp³-hybridized carbons (Fsp3) is 0.278. The van der Waals surface area contributed by atoms with Crippen molar-refractivity contribution in [3.63, 3.8) is 0 Å². The standard InChI is InChI=1S/C18H20FNO2/c1-12-4-5-13(2)17(10-12)22-14(3)18(21)20-11-15-6-8-16(19)9-7-15/h4-10,14H,11H2,1-3H3,(H,20,21)/t14-/m1/s1. The third-order valence-electron chi connectivity index (χ3n) is 3.40. The number of carbonyl (C=O) groups excluding carboxylic acids is 1. The molecule has 0 aliphatic carbocycles. The summed E-state index contributed by atoms with van der Waals surface area (Å²) in [5.74, 6) is 0.219. The minimum atomic E-state index is -0.596. The van der Waals surface area contributed by atoms with Gasteiger partial charge in [0.15, 0.2) is 6.10 Å².